The van der Waals surface area contributed by atoms with E-state index in [-0.39, 0.29) is 0 Å². The Kier molecular flexibility index (Phi) is 1.50. The summed E-state index contributed by atoms with van der Waals surface area (Å²) in [4.78, 5) is 0. The van der Waals surface area contributed by atoms with E-state index in [9.17, 15) is 0 Å². The quantitative estimate of drug-likeness (QED) is 0.716. The summed E-state index contributed by atoms with van der Waals surface area (Å²) in [6, 6.07) is 16.6. The van der Waals surface area contributed by atoms with Crippen molar-refractivity contribution in [2.45, 2.75) is 18.6 Å². The summed E-state index contributed by atoms with van der Waals surface area (Å²) in [7, 11) is 0. The van der Waals surface area contributed by atoms with Crippen molar-refractivity contribution in [1.82, 2.24) is 0 Å². The Morgan fingerprint density at radius 1 is 0.667 bits per heavy atom. The average molecular weight is 272 g/mol. The van der Waals surface area contributed by atoms with Gasteiger partial charge in [0, 0.05) is 35.1 Å². The molecule has 100 valence electrons. The molecule has 0 N–H and O–H groups in total. The molecular weight excluding hydrogens is 260 g/mol. The minimum atomic E-state index is -0.632. The monoisotopic (exact) mass is 272 g/mol. The first-order valence-electron chi connectivity index (χ1n) is 7.39. The molecule has 2 heterocycles. The minimum Gasteiger partial charge on any atom is -0.444 e. The van der Waals surface area contributed by atoms with Crippen LogP contribution in [0.15, 0.2) is 59.7 Å². The van der Waals surface area contributed by atoms with Gasteiger partial charge in [-0.3, -0.25) is 0 Å². The van der Waals surface area contributed by atoms with E-state index in [0.717, 1.165) is 24.3 Å². The van der Waals surface area contributed by atoms with Gasteiger partial charge in [-0.2, -0.15) is 0 Å². The number of ether oxygens (including phenoxy) is 2. The number of rotatable bonds is 0. The van der Waals surface area contributed by atoms with Gasteiger partial charge in [0.05, 0.1) is 0 Å². The number of fused-ring (bicyclic) bond motifs is 6. The molecule has 21 heavy (non-hydrogen) atoms. The largest absolute Gasteiger partial charge is 0.444 e. The number of hydrogen-bond acceptors (Lipinski definition) is 2. The molecule has 0 aromatic heterocycles. The highest BCUT2D eigenvalue weighted by Crippen LogP contribution is 2.65. The average Bonchev–Trinajstić information content (AvgIpc) is 3.39. The fraction of sp³-hybridized carbons (Fsp3) is 0.158. The van der Waals surface area contributed by atoms with Crippen LogP contribution in [-0.4, -0.2) is 5.79 Å². The molecule has 1 spiro atoms. The lowest BCUT2D eigenvalue weighted by atomic mass is 10.0. The first-order valence-corrected chi connectivity index (χ1v) is 7.39. The molecule has 0 atom stereocenters. The summed E-state index contributed by atoms with van der Waals surface area (Å²) in [5.74, 6) is 1.27. The Hall–Kier alpha value is -2.48. The normalized spacial score (nSPS) is 21.7. The molecule has 0 saturated carbocycles. The van der Waals surface area contributed by atoms with E-state index in [4.69, 9.17) is 9.47 Å². The standard InChI is InChI=1S/C19H12O2/c1-3-7-17-11(5-1)13-9-15(13)19(20-17)16-10-14(16)12-6-2-4-8-18(12)21-19/h1-8H,9-10H2. The zero-order valence-corrected chi connectivity index (χ0v) is 11.3. The number of para-hydroxylation sites is 2. The van der Waals surface area contributed by atoms with Gasteiger partial charge in [0.1, 0.15) is 11.5 Å². The van der Waals surface area contributed by atoms with Gasteiger partial charge in [0.25, 0.3) is 5.79 Å². The van der Waals surface area contributed by atoms with Crippen molar-refractivity contribution in [2.75, 3.05) is 0 Å². The lowest BCUT2D eigenvalue weighted by Crippen LogP contribution is -2.43. The first-order chi connectivity index (χ1) is 10.4. The van der Waals surface area contributed by atoms with E-state index >= 15 is 0 Å². The highest BCUT2D eigenvalue weighted by atomic mass is 16.7. The van der Waals surface area contributed by atoms with Crippen LogP contribution < -0.4 is 9.47 Å². The minimum absolute atomic E-state index is 0.632. The summed E-state index contributed by atoms with van der Waals surface area (Å²) >= 11 is 0. The van der Waals surface area contributed by atoms with E-state index in [1.54, 1.807) is 0 Å². The molecule has 2 heteroatoms. The SMILES string of the molecule is c1ccc2c(c1)OC1(Oc3ccccc3C3=C1C3)C1=C2C1. The van der Waals surface area contributed by atoms with Crippen LogP contribution >= 0.6 is 0 Å². The lowest BCUT2D eigenvalue weighted by molar-refractivity contribution is -0.0436. The van der Waals surface area contributed by atoms with Crippen LogP contribution in [0.2, 0.25) is 0 Å². The highest BCUT2D eigenvalue weighted by molar-refractivity contribution is 5.96. The Morgan fingerprint density at radius 3 is 1.67 bits per heavy atom. The number of allylic oxidation sites excluding steroid dienone is 2. The van der Waals surface area contributed by atoms with Gasteiger partial charge in [-0.15, -0.1) is 0 Å². The molecule has 0 bridgehead atoms. The van der Waals surface area contributed by atoms with Crippen molar-refractivity contribution < 1.29 is 9.47 Å². The maximum Gasteiger partial charge on any atom is 0.299 e. The summed E-state index contributed by atoms with van der Waals surface area (Å²) in [6.45, 7) is 0. The fourth-order valence-corrected chi connectivity index (χ4v) is 3.78. The molecule has 2 aromatic rings. The van der Waals surface area contributed by atoms with Crippen molar-refractivity contribution in [3.63, 3.8) is 0 Å². The van der Waals surface area contributed by atoms with Gasteiger partial charge in [-0.25, -0.2) is 0 Å². The van der Waals surface area contributed by atoms with Crippen molar-refractivity contribution in [2.24, 2.45) is 0 Å². The highest BCUT2D eigenvalue weighted by Gasteiger charge is 2.60. The fourth-order valence-electron chi connectivity index (χ4n) is 3.78. The van der Waals surface area contributed by atoms with E-state index in [1.165, 1.54) is 33.4 Å². The van der Waals surface area contributed by atoms with Crippen molar-refractivity contribution in [3.05, 3.63) is 70.8 Å². The predicted octanol–water partition coefficient (Wildman–Crippen LogP) is 4.18. The molecule has 4 aliphatic rings. The smallest absolute Gasteiger partial charge is 0.299 e. The molecule has 0 radical (unpaired) electrons. The topological polar surface area (TPSA) is 18.5 Å². The Bertz CT molecular complexity index is 826. The molecule has 2 aliphatic carbocycles. The van der Waals surface area contributed by atoms with E-state index in [0.29, 0.717) is 0 Å². The zero-order chi connectivity index (χ0) is 13.6. The lowest BCUT2D eigenvalue weighted by Gasteiger charge is -2.35. The second-order valence-electron chi connectivity index (χ2n) is 6.08. The molecule has 0 unspecified atom stereocenters. The molecular formula is C19H12O2. The van der Waals surface area contributed by atoms with Gasteiger partial charge >= 0.3 is 0 Å². The third kappa shape index (κ3) is 1.12. The van der Waals surface area contributed by atoms with Crippen LogP contribution in [-0.2, 0) is 0 Å². The second-order valence-corrected chi connectivity index (χ2v) is 6.08. The van der Waals surface area contributed by atoms with Gasteiger partial charge in [-0.05, 0) is 23.3 Å². The van der Waals surface area contributed by atoms with Crippen molar-refractivity contribution in [1.29, 1.82) is 0 Å². The maximum absolute atomic E-state index is 6.39. The van der Waals surface area contributed by atoms with E-state index in [2.05, 4.69) is 24.3 Å². The van der Waals surface area contributed by atoms with Crippen LogP contribution in [0.4, 0.5) is 0 Å². The van der Waals surface area contributed by atoms with Crippen molar-refractivity contribution >= 4 is 11.1 Å². The third-order valence-corrected chi connectivity index (χ3v) is 4.91. The molecule has 2 nitrogen and oxygen atoms in total. The Morgan fingerprint density at radius 2 is 1.14 bits per heavy atom. The van der Waals surface area contributed by atoms with E-state index in [1.807, 2.05) is 24.3 Å². The van der Waals surface area contributed by atoms with Crippen LogP contribution in [0.3, 0.4) is 0 Å². The summed E-state index contributed by atoms with van der Waals surface area (Å²) in [5.41, 5.74) is 7.94. The Balaban J connectivity index is 1.58. The maximum atomic E-state index is 6.39. The molecule has 0 saturated heterocycles. The van der Waals surface area contributed by atoms with Crippen LogP contribution in [0.5, 0.6) is 11.5 Å². The molecule has 2 aromatic carbocycles. The summed E-state index contributed by atoms with van der Waals surface area (Å²) in [5, 5.41) is 0. The molecule has 6 rings (SSSR count). The third-order valence-electron chi connectivity index (χ3n) is 4.91. The van der Waals surface area contributed by atoms with Crippen LogP contribution in [0, 0.1) is 0 Å². The molecule has 2 aliphatic heterocycles. The van der Waals surface area contributed by atoms with Gasteiger partial charge in [-0.1, -0.05) is 36.4 Å². The Labute approximate surface area is 122 Å². The summed E-state index contributed by atoms with van der Waals surface area (Å²) < 4.78 is 12.8. The second kappa shape index (κ2) is 3.06. The predicted molar refractivity (Wildman–Crippen MR) is 79.9 cm³/mol. The summed E-state index contributed by atoms with van der Waals surface area (Å²) in [6.07, 6.45) is 2.02. The van der Waals surface area contributed by atoms with E-state index < -0.39 is 5.79 Å². The molecule has 0 amide bonds. The van der Waals surface area contributed by atoms with Crippen molar-refractivity contribution in [3.8, 4) is 11.5 Å². The van der Waals surface area contributed by atoms with Gasteiger partial charge in [0.15, 0.2) is 0 Å². The number of benzene rings is 2. The first kappa shape index (κ1) is 10.3. The van der Waals surface area contributed by atoms with Gasteiger partial charge < -0.3 is 9.47 Å². The molecule has 0 fully saturated rings. The zero-order valence-electron chi connectivity index (χ0n) is 11.3. The number of hydrogen-bond donors (Lipinski definition) is 0. The van der Waals surface area contributed by atoms with Crippen LogP contribution in [0.1, 0.15) is 24.0 Å². The van der Waals surface area contributed by atoms with Crippen LogP contribution in [0.25, 0.3) is 11.1 Å². The van der Waals surface area contributed by atoms with Gasteiger partial charge in [0.2, 0.25) is 0 Å².